The molecule has 0 N–H and O–H groups in total. The van der Waals surface area contributed by atoms with Crippen molar-refractivity contribution in [1.29, 1.82) is 5.26 Å². The smallest absolute Gasteiger partial charge is 0.157 e. The maximum absolute atomic E-state index is 11.8. The van der Waals surface area contributed by atoms with Crippen LogP contribution in [0, 0.1) is 24.2 Å². The summed E-state index contributed by atoms with van der Waals surface area (Å²) in [7, 11) is 0. The normalized spacial score (nSPS) is 16.8. The highest BCUT2D eigenvalue weighted by Crippen LogP contribution is 2.35. The lowest BCUT2D eigenvalue weighted by molar-refractivity contribution is -0.120. The van der Waals surface area contributed by atoms with Crippen LogP contribution in [0.5, 0.6) is 0 Å². The van der Waals surface area contributed by atoms with Gasteiger partial charge < -0.3 is 0 Å². The fraction of sp³-hybridized carbons (Fsp3) is 0.385. The topological polar surface area (TPSA) is 40.9 Å². The molecule has 1 aliphatic carbocycles. The minimum atomic E-state index is -0.558. The second-order valence-corrected chi connectivity index (χ2v) is 4.15. The van der Waals surface area contributed by atoms with Gasteiger partial charge in [-0.15, -0.1) is 0 Å². The highest BCUT2D eigenvalue weighted by Gasteiger charge is 2.35. The van der Waals surface area contributed by atoms with E-state index < -0.39 is 5.92 Å². The average Bonchev–Trinajstić information content (AvgIpc) is 3.02. The molecule has 2 nitrogen and oxygen atoms in total. The summed E-state index contributed by atoms with van der Waals surface area (Å²) in [6.07, 6.45) is 1.92. The predicted molar refractivity (Wildman–Crippen MR) is 57.3 cm³/mol. The average molecular weight is 199 g/mol. The number of hydrogen-bond acceptors (Lipinski definition) is 2. The van der Waals surface area contributed by atoms with Crippen LogP contribution in [-0.4, -0.2) is 5.78 Å². The van der Waals surface area contributed by atoms with Crippen molar-refractivity contribution in [2.45, 2.75) is 25.7 Å². The SMILES string of the molecule is Cc1cccc([C@H](C#N)C(=O)C2CC2)c1. The van der Waals surface area contributed by atoms with Gasteiger partial charge in [0.15, 0.2) is 5.78 Å². The number of benzene rings is 1. The van der Waals surface area contributed by atoms with E-state index in [9.17, 15) is 4.79 Å². The van der Waals surface area contributed by atoms with Gasteiger partial charge >= 0.3 is 0 Å². The quantitative estimate of drug-likeness (QED) is 0.750. The Kier molecular flexibility index (Phi) is 2.55. The second kappa shape index (κ2) is 3.86. The molecule has 1 fully saturated rings. The lowest BCUT2D eigenvalue weighted by Gasteiger charge is -2.08. The van der Waals surface area contributed by atoms with Gasteiger partial charge in [-0.2, -0.15) is 5.26 Å². The van der Waals surface area contributed by atoms with Crippen LogP contribution in [-0.2, 0) is 4.79 Å². The molecule has 0 bridgehead atoms. The van der Waals surface area contributed by atoms with Gasteiger partial charge in [-0.05, 0) is 25.3 Å². The van der Waals surface area contributed by atoms with Crippen LogP contribution in [0.15, 0.2) is 24.3 Å². The van der Waals surface area contributed by atoms with Gasteiger partial charge in [-0.1, -0.05) is 29.8 Å². The molecule has 0 aromatic heterocycles. The third kappa shape index (κ3) is 2.07. The van der Waals surface area contributed by atoms with E-state index in [1.807, 2.05) is 31.2 Å². The third-order valence-electron chi connectivity index (χ3n) is 2.77. The molecule has 0 spiro atoms. The summed E-state index contributed by atoms with van der Waals surface area (Å²) in [5.41, 5.74) is 1.94. The minimum Gasteiger partial charge on any atom is -0.298 e. The number of aryl methyl sites for hydroxylation is 1. The van der Waals surface area contributed by atoms with E-state index in [0.29, 0.717) is 0 Å². The molecule has 0 saturated heterocycles. The maximum atomic E-state index is 11.8. The van der Waals surface area contributed by atoms with Crippen LogP contribution in [0.3, 0.4) is 0 Å². The Labute approximate surface area is 89.5 Å². The molecule has 1 atom stereocenters. The molecule has 2 rings (SSSR count). The van der Waals surface area contributed by atoms with Gasteiger partial charge in [0, 0.05) is 5.92 Å². The van der Waals surface area contributed by atoms with Crippen molar-refractivity contribution in [3.8, 4) is 6.07 Å². The van der Waals surface area contributed by atoms with E-state index in [2.05, 4.69) is 6.07 Å². The van der Waals surface area contributed by atoms with Gasteiger partial charge in [0.1, 0.15) is 5.92 Å². The highest BCUT2D eigenvalue weighted by atomic mass is 16.1. The summed E-state index contributed by atoms with van der Waals surface area (Å²) < 4.78 is 0. The van der Waals surface area contributed by atoms with E-state index in [0.717, 1.165) is 24.0 Å². The largest absolute Gasteiger partial charge is 0.298 e. The Hall–Kier alpha value is -1.62. The van der Waals surface area contributed by atoms with Gasteiger partial charge in [0.05, 0.1) is 6.07 Å². The Morgan fingerprint density at radius 2 is 2.27 bits per heavy atom. The van der Waals surface area contributed by atoms with Crippen LogP contribution in [0.1, 0.15) is 29.9 Å². The molecule has 1 aromatic rings. The standard InChI is InChI=1S/C13H13NO/c1-9-3-2-4-11(7-9)12(8-14)13(15)10-5-6-10/h2-4,7,10,12H,5-6H2,1H3/t12-/m0/s1. The van der Waals surface area contributed by atoms with Crippen LogP contribution in [0.25, 0.3) is 0 Å². The Bertz CT molecular complexity index is 426. The van der Waals surface area contributed by atoms with Crippen LogP contribution < -0.4 is 0 Å². The summed E-state index contributed by atoms with van der Waals surface area (Å²) in [4.78, 5) is 11.8. The summed E-state index contributed by atoms with van der Waals surface area (Å²) in [5.74, 6) is -0.310. The number of rotatable bonds is 3. The lowest BCUT2D eigenvalue weighted by Crippen LogP contribution is -2.12. The first-order chi connectivity index (χ1) is 7.22. The second-order valence-electron chi connectivity index (χ2n) is 4.15. The van der Waals surface area contributed by atoms with Crippen molar-refractivity contribution < 1.29 is 4.79 Å². The zero-order valence-electron chi connectivity index (χ0n) is 8.73. The Morgan fingerprint density at radius 3 is 2.80 bits per heavy atom. The molecule has 0 heterocycles. The van der Waals surface area contributed by atoms with Crippen molar-refractivity contribution in [3.05, 3.63) is 35.4 Å². The monoisotopic (exact) mass is 199 g/mol. The molecule has 76 valence electrons. The number of nitriles is 1. The first-order valence-electron chi connectivity index (χ1n) is 5.22. The van der Waals surface area contributed by atoms with Gasteiger partial charge in [-0.25, -0.2) is 0 Å². The predicted octanol–water partition coefficient (Wildman–Crippen LogP) is 2.58. The maximum Gasteiger partial charge on any atom is 0.157 e. The van der Waals surface area contributed by atoms with E-state index in [1.165, 1.54) is 0 Å². The minimum absolute atomic E-state index is 0.100. The lowest BCUT2D eigenvalue weighted by atomic mass is 9.92. The molecular weight excluding hydrogens is 186 g/mol. The molecule has 15 heavy (non-hydrogen) atoms. The van der Waals surface area contributed by atoms with E-state index >= 15 is 0 Å². The molecule has 2 heteroatoms. The molecule has 0 aliphatic heterocycles. The molecule has 1 saturated carbocycles. The van der Waals surface area contributed by atoms with Crippen molar-refractivity contribution >= 4 is 5.78 Å². The summed E-state index contributed by atoms with van der Waals surface area (Å²) in [6, 6.07) is 9.77. The summed E-state index contributed by atoms with van der Waals surface area (Å²) >= 11 is 0. The first kappa shape index (κ1) is 9.92. The number of carbonyl (C=O) groups excluding carboxylic acids is 1. The first-order valence-corrected chi connectivity index (χ1v) is 5.22. The van der Waals surface area contributed by atoms with Crippen LogP contribution in [0.4, 0.5) is 0 Å². The fourth-order valence-corrected chi connectivity index (χ4v) is 1.76. The zero-order chi connectivity index (χ0) is 10.8. The van der Waals surface area contributed by atoms with Gasteiger partial charge in [0.2, 0.25) is 0 Å². The van der Waals surface area contributed by atoms with Crippen molar-refractivity contribution in [2.75, 3.05) is 0 Å². The fourth-order valence-electron chi connectivity index (χ4n) is 1.76. The van der Waals surface area contributed by atoms with E-state index in [1.54, 1.807) is 0 Å². The number of nitrogens with zero attached hydrogens (tertiary/aromatic N) is 1. The van der Waals surface area contributed by atoms with Crippen molar-refractivity contribution in [1.82, 2.24) is 0 Å². The third-order valence-corrected chi connectivity index (χ3v) is 2.77. The van der Waals surface area contributed by atoms with Gasteiger partial charge in [-0.3, -0.25) is 4.79 Å². The number of ketones is 1. The van der Waals surface area contributed by atoms with Crippen molar-refractivity contribution in [3.63, 3.8) is 0 Å². The van der Waals surface area contributed by atoms with E-state index in [-0.39, 0.29) is 11.7 Å². The van der Waals surface area contributed by atoms with Gasteiger partial charge in [0.25, 0.3) is 0 Å². The molecule has 0 amide bonds. The number of Topliss-reactive ketones (excluding diaryl/α,β-unsaturated/α-hetero) is 1. The zero-order valence-corrected chi connectivity index (χ0v) is 8.73. The van der Waals surface area contributed by atoms with Crippen LogP contribution >= 0.6 is 0 Å². The molecule has 0 radical (unpaired) electrons. The molecular formula is C13H13NO. The molecule has 1 aliphatic rings. The Morgan fingerprint density at radius 1 is 1.53 bits per heavy atom. The molecule has 1 aromatic carbocycles. The number of carbonyl (C=O) groups is 1. The Balaban J connectivity index is 2.26. The highest BCUT2D eigenvalue weighted by molar-refractivity contribution is 5.92. The van der Waals surface area contributed by atoms with E-state index in [4.69, 9.17) is 5.26 Å². The summed E-state index contributed by atoms with van der Waals surface area (Å²) in [6.45, 7) is 1.97. The molecule has 0 unspecified atom stereocenters. The number of hydrogen-bond donors (Lipinski definition) is 0. The van der Waals surface area contributed by atoms with Crippen molar-refractivity contribution in [2.24, 2.45) is 5.92 Å². The van der Waals surface area contributed by atoms with Crippen LogP contribution in [0.2, 0.25) is 0 Å². The summed E-state index contributed by atoms with van der Waals surface area (Å²) in [5, 5.41) is 9.05.